The molecule has 6 heteroatoms. The summed E-state index contributed by atoms with van der Waals surface area (Å²) in [5.41, 5.74) is -0.472. The maximum atomic E-state index is 13.7. The molecule has 0 saturated carbocycles. The second kappa shape index (κ2) is 5.75. The van der Waals surface area contributed by atoms with Gasteiger partial charge in [0, 0.05) is 24.7 Å². The topological polar surface area (TPSA) is 52.6 Å². The van der Waals surface area contributed by atoms with Crippen molar-refractivity contribution in [1.29, 1.82) is 0 Å². The van der Waals surface area contributed by atoms with Gasteiger partial charge in [0.2, 0.25) is 0 Å². The highest BCUT2D eigenvalue weighted by atomic mass is 19.1. The number of likely N-dealkylation sites (tertiary alicyclic amines) is 1. The third kappa shape index (κ3) is 3.07. The summed E-state index contributed by atoms with van der Waals surface area (Å²) in [6.07, 6.45) is 1.66. The van der Waals surface area contributed by atoms with E-state index >= 15 is 0 Å². The van der Waals surface area contributed by atoms with Gasteiger partial charge in [0.1, 0.15) is 11.6 Å². The minimum atomic E-state index is -1.40. The molecule has 1 aliphatic heterocycles. The molecule has 2 atom stereocenters. The molecule has 2 unspecified atom stereocenters. The largest absolute Gasteiger partial charge is 0.478 e. The molecule has 0 aliphatic carbocycles. The number of nitrogens with one attached hydrogen (secondary N) is 1. The highest BCUT2D eigenvalue weighted by Crippen LogP contribution is 2.24. The van der Waals surface area contributed by atoms with E-state index in [0.29, 0.717) is 12.1 Å². The molecular formula is C14H18F2N2O2. The van der Waals surface area contributed by atoms with Gasteiger partial charge in [-0.3, -0.25) is 0 Å². The van der Waals surface area contributed by atoms with Gasteiger partial charge in [0.15, 0.2) is 0 Å². The Morgan fingerprint density at radius 1 is 1.40 bits per heavy atom. The van der Waals surface area contributed by atoms with Gasteiger partial charge in [0.05, 0.1) is 11.3 Å². The highest BCUT2D eigenvalue weighted by molar-refractivity contribution is 5.89. The molecule has 1 aromatic carbocycles. The first-order valence-corrected chi connectivity index (χ1v) is 6.57. The fourth-order valence-corrected chi connectivity index (χ4v) is 2.46. The van der Waals surface area contributed by atoms with Crippen molar-refractivity contribution in [3.63, 3.8) is 0 Å². The lowest BCUT2D eigenvalue weighted by atomic mass is 9.98. The van der Waals surface area contributed by atoms with Crippen molar-refractivity contribution in [1.82, 2.24) is 4.90 Å². The Bertz CT molecular complexity index is 522. The monoisotopic (exact) mass is 284 g/mol. The standard InChI is InChI=1S/C14H18F2N2O2/c1-8-5-9(3-4-18(8)2)17-13-6-10(14(19)20)11(15)7-12(13)16/h6-9,17H,3-5H2,1-2H3,(H,19,20). The Hall–Kier alpha value is -1.69. The number of aromatic carboxylic acids is 1. The first-order chi connectivity index (χ1) is 9.38. The predicted octanol–water partition coefficient (Wildman–Crippen LogP) is 2.56. The lowest BCUT2D eigenvalue weighted by Crippen LogP contribution is -2.42. The number of carboxylic acids is 1. The van der Waals surface area contributed by atoms with Crippen molar-refractivity contribution in [2.75, 3.05) is 18.9 Å². The molecule has 0 radical (unpaired) electrons. The minimum Gasteiger partial charge on any atom is -0.478 e. The molecule has 1 saturated heterocycles. The van der Waals surface area contributed by atoms with Crippen molar-refractivity contribution in [3.8, 4) is 0 Å². The lowest BCUT2D eigenvalue weighted by Gasteiger charge is -2.35. The van der Waals surface area contributed by atoms with Crippen LogP contribution in [0.4, 0.5) is 14.5 Å². The Morgan fingerprint density at radius 3 is 2.70 bits per heavy atom. The zero-order valence-electron chi connectivity index (χ0n) is 11.5. The van der Waals surface area contributed by atoms with E-state index in [4.69, 9.17) is 5.11 Å². The number of carboxylic acid groups (broad SMARTS) is 1. The number of nitrogens with zero attached hydrogens (tertiary/aromatic N) is 1. The number of piperidine rings is 1. The summed E-state index contributed by atoms with van der Waals surface area (Å²) < 4.78 is 27.0. The summed E-state index contributed by atoms with van der Waals surface area (Å²) in [5.74, 6) is -3.22. The predicted molar refractivity (Wildman–Crippen MR) is 72.1 cm³/mol. The number of halogens is 2. The maximum Gasteiger partial charge on any atom is 0.338 e. The fraction of sp³-hybridized carbons (Fsp3) is 0.500. The molecule has 110 valence electrons. The van der Waals surface area contributed by atoms with Crippen LogP contribution < -0.4 is 5.32 Å². The number of hydrogen-bond acceptors (Lipinski definition) is 3. The van der Waals surface area contributed by atoms with Gasteiger partial charge in [-0.15, -0.1) is 0 Å². The van der Waals surface area contributed by atoms with Crippen LogP contribution >= 0.6 is 0 Å². The van der Waals surface area contributed by atoms with Crippen LogP contribution in [0.3, 0.4) is 0 Å². The van der Waals surface area contributed by atoms with Crippen LogP contribution in [0.2, 0.25) is 0 Å². The van der Waals surface area contributed by atoms with Crippen molar-refractivity contribution < 1.29 is 18.7 Å². The van der Waals surface area contributed by atoms with Crippen LogP contribution in [0, 0.1) is 11.6 Å². The Morgan fingerprint density at radius 2 is 2.10 bits per heavy atom. The van der Waals surface area contributed by atoms with E-state index in [1.54, 1.807) is 0 Å². The molecule has 1 fully saturated rings. The van der Waals surface area contributed by atoms with Crippen LogP contribution in [0.5, 0.6) is 0 Å². The van der Waals surface area contributed by atoms with E-state index in [2.05, 4.69) is 17.1 Å². The highest BCUT2D eigenvalue weighted by Gasteiger charge is 2.24. The fourth-order valence-electron chi connectivity index (χ4n) is 2.46. The smallest absolute Gasteiger partial charge is 0.338 e. The molecule has 1 aliphatic rings. The van der Waals surface area contributed by atoms with Gasteiger partial charge in [-0.2, -0.15) is 0 Å². The van der Waals surface area contributed by atoms with Gasteiger partial charge in [-0.25, -0.2) is 13.6 Å². The summed E-state index contributed by atoms with van der Waals surface area (Å²) in [5, 5.41) is 11.9. The van der Waals surface area contributed by atoms with Crippen LogP contribution in [0.25, 0.3) is 0 Å². The molecule has 0 spiro atoms. The van der Waals surface area contributed by atoms with Gasteiger partial charge in [-0.05, 0) is 32.9 Å². The molecule has 20 heavy (non-hydrogen) atoms. The molecule has 2 N–H and O–H groups in total. The summed E-state index contributed by atoms with van der Waals surface area (Å²) in [6.45, 7) is 2.96. The van der Waals surface area contributed by atoms with E-state index in [9.17, 15) is 13.6 Å². The molecule has 1 heterocycles. The van der Waals surface area contributed by atoms with Crippen LogP contribution in [0.1, 0.15) is 30.1 Å². The molecular weight excluding hydrogens is 266 g/mol. The third-order valence-electron chi connectivity index (χ3n) is 3.86. The summed E-state index contributed by atoms with van der Waals surface area (Å²) in [7, 11) is 2.03. The third-order valence-corrected chi connectivity index (χ3v) is 3.86. The molecule has 4 nitrogen and oxygen atoms in total. The zero-order chi connectivity index (χ0) is 14.9. The second-order valence-corrected chi connectivity index (χ2v) is 5.31. The lowest BCUT2D eigenvalue weighted by molar-refractivity contribution is 0.0692. The summed E-state index contributed by atoms with van der Waals surface area (Å²) >= 11 is 0. The van der Waals surface area contributed by atoms with Crippen molar-refractivity contribution in [3.05, 3.63) is 29.3 Å². The normalized spacial score (nSPS) is 23.6. The molecule has 2 rings (SSSR count). The van der Waals surface area contributed by atoms with Crippen LogP contribution in [-0.2, 0) is 0 Å². The van der Waals surface area contributed by atoms with Crippen molar-refractivity contribution >= 4 is 11.7 Å². The average Bonchev–Trinajstić information content (AvgIpc) is 2.36. The average molecular weight is 284 g/mol. The van der Waals surface area contributed by atoms with Gasteiger partial charge in [-0.1, -0.05) is 0 Å². The van der Waals surface area contributed by atoms with Crippen molar-refractivity contribution in [2.45, 2.75) is 31.8 Å². The molecule has 0 amide bonds. The number of carbonyl (C=O) groups is 1. The van der Waals surface area contributed by atoms with Crippen LogP contribution in [-0.4, -0.2) is 41.7 Å². The van der Waals surface area contributed by atoms with E-state index in [1.807, 2.05) is 7.05 Å². The Kier molecular flexibility index (Phi) is 4.23. The van der Waals surface area contributed by atoms with Gasteiger partial charge >= 0.3 is 5.97 Å². The second-order valence-electron chi connectivity index (χ2n) is 5.31. The first-order valence-electron chi connectivity index (χ1n) is 6.57. The van der Waals surface area contributed by atoms with E-state index in [0.717, 1.165) is 25.5 Å². The first kappa shape index (κ1) is 14.7. The number of anilines is 1. The SMILES string of the molecule is CC1CC(Nc2cc(C(=O)O)c(F)cc2F)CCN1C. The maximum absolute atomic E-state index is 13.7. The molecule has 0 bridgehead atoms. The van der Waals surface area contributed by atoms with Crippen molar-refractivity contribution in [2.24, 2.45) is 0 Å². The quantitative estimate of drug-likeness (QED) is 0.895. The summed E-state index contributed by atoms with van der Waals surface area (Å²) in [6, 6.07) is 2.06. The number of rotatable bonds is 3. The van der Waals surface area contributed by atoms with E-state index in [1.165, 1.54) is 0 Å². The molecule has 0 aromatic heterocycles. The van der Waals surface area contributed by atoms with Gasteiger partial charge in [0.25, 0.3) is 0 Å². The Labute approximate surface area is 116 Å². The number of hydrogen-bond donors (Lipinski definition) is 2. The molecule has 1 aromatic rings. The van der Waals surface area contributed by atoms with Gasteiger partial charge < -0.3 is 15.3 Å². The zero-order valence-corrected chi connectivity index (χ0v) is 11.5. The minimum absolute atomic E-state index is 0.0468. The van der Waals surface area contributed by atoms with E-state index < -0.39 is 23.2 Å². The van der Waals surface area contributed by atoms with Crippen LogP contribution in [0.15, 0.2) is 12.1 Å². The summed E-state index contributed by atoms with van der Waals surface area (Å²) in [4.78, 5) is 13.1. The Balaban J connectivity index is 2.17. The number of benzene rings is 1. The van der Waals surface area contributed by atoms with E-state index in [-0.39, 0.29) is 11.7 Å².